The first-order valence-corrected chi connectivity index (χ1v) is 7.21. The summed E-state index contributed by atoms with van der Waals surface area (Å²) in [6.07, 6.45) is 1.71. The molecule has 106 valence electrons. The number of benzene rings is 1. The average molecular weight is 291 g/mol. The third kappa shape index (κ3) is 3.28. The molecule has 1 aromatic heterocycles. The number of hydrogen-bond acceptors (Lipinski definition) is 3. The second-order valence-corrected chi connectivity index (χ2v) is 5.44. The van der Waals surface area contributed by atoms with Crippen molar-refractivity contribution in [3.05, 3.63) is 46.8 Å². The Morgan fingerprint density at radius 1 is 1.25 bits per heavy atom. The highest BCUT2D eigenvalue weighted by Crippen LogP contribution is 2.26. The van der Waals surface area contributed by atoms with Crippen LogP contribution in [0.4, 0.5) is 0 Å². The van der Waals surface area contributed by atoms with Gasteiger partial charge in [0, 0.05) is 17.5 Å². The van der Waals surface area contributed by atoms with E-state index in [2.05, 4.69) is 36.8 Å². The Hall–Kier alpha value is -1.61. The number of alkyl halides is 1. The van der Waals surface area contributed by atoms with E-state index < -0.39 is 0 Å². The second-order valence-electron chi connectivity index (χ2n) is 5.17. The minimum absolute atomic E-state index is 0.355. The Bertz CT molecular complexity index is 611. The summed E-state index contributed by atoms with van der Waals surface area (Å²) >= 11 is 5.79. The number of rotatable bonds is 4. The Labute approximate surface area is 125 Å². The SMILES string of the molecule is Cc1cc(Oc2ncc(CCl)c(C)n2)ccc1C(C)C. The topological polar surface area (TPSA) is 35.0 Å². The molecule has 0 aliphatic heterocycles. The fraction of sp³-hybridized carbons (Fsp3) is 0.375. The molecular weight excluding hydrogens is 272 g/mol. The van der Waals surface area contributed by atoms with Crippen molar-refractivity contribution < 1.29 is 4.74 Å². The van der Waals surface area contributed by atoms with Gasteiger partial charge in [-0.2, -0.15) is 4.98 Å². The van der Waals surface area contributed by atoms with E-state index in [1.54, 1.807) is 6.20 Å². The molecule has 0 radical (unpaired) electrons. The van der Waals surface area contributed by atoms with E-state index in [-0.39, 0.29) is 0 Å². The third-order valence-electron chi connectivity index (χ3n) is 3.28. The zero-order valence-corrected chi connectivity index (χ0v) is 13.0. The normalized spacial score (nSPS) is 10.9. The van der Waals surface area contributed by atoms with Crippen LogP contribution in [-0.2, 0) is 5.88 Å². The van der Waals surface area contributed by atoms with Gasteiger partial charge in [0.1, 0.15) is 5.75 Å². The zero-order valence-electron chi connectivity index (χ0n) is 12.3. The van der Waals surface area contributed by atoms with E-state index in [9.17, 15) is 0 Å². The summed E-state index contributed by atoms with van der Waals surface area (Å²) in [5.41, 5.74) is 4.31. The van der Waals surface area contributed by atoms with Gasteiger partial charge in [-0.1, -0.05) is 19.9 Å². The van der Waals surface area contributed by atoms with Gasteiger partial charge in [0.2, 0.25) is 0 Å². The van der Waals surface area contributed by atoms with Gasteiger partial charge in [-0.15, -0.1) is 11.6 Å². The van der Waals surface area contributed by atoms with Gasteiger partial charge in [0.25, 0.3) is 0 Å². The first kappa shape index (κ1) is 14.8. The zero-order chi connectivity index (χ0) is 14.7. The molecular formula is C16H19ClN2O. The van der Waals surface area contributed by atoms with E-state index in [0.717, 1.165) is 17.0 Å². The molecule has 0 unspecified atom stereocenters. The fourth-order valence-electron chi connectivity index (χ4n) is 2.12. The van der Waals surface area contributed by atoms with Crippen molar-refractivity contribution in [3.63, 3.8) is 0 Å². The molecule has 0 N–H and O–H groups in total. The molecule has 0 aliphatic carbocycles. The Morgan fingerprint density at radius 2 is 2.00 bits per heavy atom. The summed E-state index contributed by atoms with van der Waals surface area (Å²) in [4.78, 5) is 8.48. The molecule has 0 bridgehead atoms. The van der Waals surface area contributed by atoms with Crippen LogP contribution in [0.5, 0.6) is 11.8 Å². The predicted molar refractivity (Wildman–Crippen MR) is 81.7 cm³/mol. The van der Waals surface area contributed by atoms with Crippen LogP contribution >= 0.6 is 11.6 Å². The van der Waals surface area contributed by atoms with Gasteiger partial charge >= 0.3 is 6.01 Å². The van der Waals surface area contributed by atoms with E-state index >= 15 is 0 Å². The van der Waals surface area contributed by atoms with Crippen LogP contribution in [-0.4, -0.2) is 9.97 Å². The highest BCUT2D eigenvalue weighted by atomic mass is 35.5. The van der Waals surface area contributed by atoms with Crippen LogP contribution < -0.4 is 4.74 Å². The van der Waals surface area contributed by atoms with E-state index in [4.69, 9.17) is 16.3 Å². The van der Waals surface area contributed by atoms with Crippen molar-refractivity contribution in [3.8, 4) is 11.8 Å². The molecule has 1 aromatic carbocycles. The number of aryl methyl sites for hydroxylation is 2. The largest absolute Gasteiger partial charge is 0.424 e. The maximum Gasteiger partial charge on any atom is 0.322 e. The number of ether oxygens (including phenoxy) is 1. The van der Waals surface area contributed by atoms with Crippen LogP contribution in [0.1, 0.15) is 42.1 Å². The standard InChI is InChI=1S/C16H19ClN2O/c1-10(2)15-6-5-14(7-11(15)3)20-16-18-9-13(8-17)12(4)19-16/h5-7,9-10H,8H2,1-4H3. The minimum atomic E-state index is 0.355. The highest BCUT2D eigenvalue weighted by Gasteiger charge is 2.08. The van der Waals surface area contributed by atoms with Crippen LogP contribution in [0.15, 0.2) is 24.4 Å². The molecule has 0 fully saturated rings. The van der Waals surface area contributed by atoms with Crippen LogP contribution in [0, 0.1) is 13.8 Å². The molecule has 0 atom stereocenters. The van der Waals surface area contributed by atoms with E-state index in [1.165, 1.54) is 11.1 Å². The lowest BCUT2D eigenvalue weighted by atomic mass is 9.98. The maximum atomic E-state index is 5.79. The molecule has 20 heavy (non-hydrogen) atoms. The quantitative estimate of drug-likeness (QED) is 0.762. The molecule has 0 amide bonds. The van der Waals surface area contributed by atoms with Crippen molar-refractivity contribution in [1.29, 1.82) is 0 Å². The summed E-state index contributed by atoms with van der Waals surface area (Å²) < 4.78 is 5.71. The summed E-state index contributed by atoms with van der Waals surface area (Å²) in [5.74, 6) is 1.67. The number of nitrogens with zero attached hydrogens (tertiary/aromatic N) is 2. The maximum absolute atomic E-state index is 5.79. The Morgan fingerprint density at radius 3 is 2.55 bits per heavy atom. The second kappa shape index (κ2) is 6.23. The number of aromatic nitrogens is 2. The molecule has 3 nitrogen and oxygen atoms in total. The molecule has 0 saturated heterocycles. The summed E-state index contributed by atoms with van der Waals surface area (Å²) in [6, 6.07) is 6.42. The third-order valence-corrected chi connectivity index (χ3v) is 3.56. The number of hydrogen-bond donors (Lipinski definition) is 0. The smallest absolute Gasteiger partial charge is 0.322 e. The summed E-state index contributed by atoms with van der Waals surface area (Å²) in [6.45, 7) is 8.35. The molecule has 0 saturated carbocycles. The van der Waals surface area contributed by atoms with Gasteiger partial charge in [-0.05, 0) is 43.0 Å². The average Bonchev–Trinajstić information content (AvgIpc) is 2.38. The van der Waals surface area contributed by atoms with Gasteiger partial charge < -0.3 is 4.74 Å². The van der Waals surface area contributed by atoms with Gasteiger partial charge in [-0.3, -0.25) is 0 Å². The lowest BCUT2D eigenvalue weighted by Crippen LogP contribution is -1.98. The highest BCUT2D eigenvalue weighted by molar-refractivity contribution is 6.17. The molecule has 0 aliphatic rings. The Balaban J connectivity index is 2.22. The Kier molecular flexibility index (Phi) is 4.61. The molecule has 2 aromatic rings. The lowest BCUT2D eigenvalue weighted by molar-refractivity contribution is 0.439. The minimum Gasteiger partial charge on any atom is -0.424 e. The van der Waals surface area contributed by atoms with Crippen molar-refractivity contribution in [2.75, 3.05) is 0 Å². The monoisotopic (exact) mass is 290 g/mol. The van der Waals surface area contributed by atoms with Crippen molar-refractivity contribution in [2.24, 2.45) is 0 Å². The van der Waals surface area contributed by atoms with E-state index in [0.29, 0.717) is 17.8 Å². The van der Waals surface area contributed by atoms with Crippen LogP contribution in [0.3, 0.4) is 0 Å². The fourth-order valence-corrected chi connectivity index (χ4v) is 2.38. The van der Waals surface area contributed by atoms with Crippen molar-refractivity contribution in [2.45, 2.75) is 39.5 Å². The van der Waals surface area contributed by atoms with Crippen LogP contribution in [0.2, 0.25) is 0 Å². The van der Waals surface area contributed by atoms with Crippen LogP contribution in [0.25, 0.3) is 0 Å². The summed E-state index contributed by atoms with van der Waals surface area (Å²) in [7, 11) is 0. The predicted octanol–water partition coefficient (Wildman–Crippen LogP) is 4.75. The van der Waals surface area contributed by atoms with Gasteiger partial charge in [0.15, 0.2) is 0 Å². The number of halogens is 1. The molecule has 2 rings (SSSR count). The van der Waals surface area contributed by atoms with Gasteiger partial charge in [-0.25, -0.2) is 4.98 Å². The lowest BCUT2D eigenvalue weighted by Gasteiger charge is -2.12. The van der Waals surface area contributed by atoms with E-state index in [1.807, 2.05) is 19.1 Å². The van der Waals surface area contributed by atoms with Crippen molar-refractivity contribution >= 4 is 11.6 Å². The van der Waals surface area contributed by atoms with Crippen molar-refractivity contribution in [1.82, 2.24) is 9.97 Å². The molecule has 1 heterocycles. The summed E-state index contributed by atoms with van der Waals surface area (Å²) in [5, 5.41) is 0. The first-order valence-electron chi connectivity index (χ1n) is 6.68. The molecule has 0 spiro atoms. The molecule has 4 heteroatoms. The van der Waals surface area contributed by atoms with Gasteiger partial charge in [0.05, 0.1) is 5.88 Å². The first-order chi connectivity index (χ1) is 9.51.